The highest BCUT2D eigenvalue weighted by Gasteiger charge is 2.18. The fourth-order valence-corrected chi connectivity index (χ4v) is 2.38. The second-order valence-corrected chi connectivity index (χ2v) is 4.78. The van der Waals surface area contributed by atoms with Crippen molar-refractivity contribution in [1.29, 1.82) is 0 Å². The van der Waals surface area contributed by atoms with Gasteiger partial charge >= 0.3 is 0 Å². The lowest BCUT2D eigenvalue weighted by Crippen LogP contribution is -2.25. The number of benzene rings is 1. The maximum atomic E-state index is 11.6. The van der Waals surface area contributed by atoms with Crippen molar-refractivity contribution in [2.24, 2.45) is 5.73 Å². The van der Waals surface area contributed by atoms with Crippen LogP contribution in [0, 0.1) is 0 Å². The molecule has 4 N–H and O–H groups in total. The molecule has 1 aliphatic rings. The first-order chi connectivity index (χ1) is 9.24. The summed E-state index contributed by atoms with van der Waals surface area (Å²) in [6.07, 6.45) is 1.02. The highest BCUT2D eigenvalue weighted by molar-refractivity contribution is 6.01. The number of nitrogens with two attached hydrogens (primary N) is 1. The average molecular weight is 256 g/mol. The van der Waals surface area contributed by atoms with E-state index < -0.39 is 5.91 Å². The highest BCUT2D eigenvalue weighted by Crippen LogP contribution is 2.21. The van der Waals surface area contributed by atoms with E-state index in [-0.39, 0.29) is 0 Å². The molecule has 1 amide bonds. The van der Waals surface area contributed by atoms with Crippen LogP contribution in [0.2, 0.25) is 0 Å². The Morgan fingerprint density at radius 3 is 3.00 bits per heavy atom. The van der Waals surface area contributed by atoms with Crippen molar-refractivity contribution in [3.63, 3.8) is 0 Å². The number of rotatable bonds is 3. The number of carbonyl (C=O) groups excluding carboxylic acids is 1. The van der Waals surface area contributed by atoms with E-state index in [2.05, 4.69) is 15.6 Å². The average Bonchev–Trinajstić information content (AvgIpc) is 2.90. The Balaban J connectivity index is 2.04. The standard InChI is InChI=1S/C14H16N4O/c15-13(19)11-7-9-3-1-2-4-12(9)18-14(11)17-10-5-6-16-8-10/h1-4,7,10,16H,5-6,8H2,(H2,15,19)(H,17,18). The van der Waals surface area contributed by atoms with Crippen molar-refractivity contribution in [3.05, 3.63) is 35.9 Å². The summed E-state index contributed by atoms with van der Waals surface area (Å²) in [4.78, 5) is 16.1. The fraction of sp³-hybridized carbons (Fsp3) is 0.286. The number of primary amides is 1. The van der Waals surface area contributed by atoms with Gasteiger partial charge in [-0.3, -0.25) is 4.79 Å². The zero-order valence-electron chi connectivity index (χ0n) is 10.5. The Kier molecular flexibility index (Phi) is 3.05. The summed E-state index contributed by atoms with van der Waals surface area (Å²) in [5, 5.41) is 7.50. The number of nitrogens with zero attached hydrogens (tertiary/aromatic N) is 1. The van der Waals surface area contributed by atoms with Crippen LogP contribution in [0.5, 0.6) is 0 Å². The normalized spacial score (nSPS) is 18.6. The number of aromatic nitrogens is 1. The van der Waals surface area contributed by atoms with Crippen molar-refractivity contribution < 1.29 is 4.79 Å². The van der Waals surface area contributed by atoms with Crippen molar-refractivity contribution in [2.45, 2.75) is 12.5 Å². The topological polar surface area (TPSA) is 80.0 Å². The maximum Gasteiger partial charge on any atom is 0.252 e. The molecule has 5 nitrogen and oxygen atoms in total. The number of hydrogen-bond acceptors (Lipinski definition) is 4. The van der Waals surface area contributed by atoms with Gasteiger partial charge in [0.15, 0.2) is 0 Å². The molecule has 1 unspecified atom stereocenters. The minimum atomic E-state index is -0.452. The third-order valence-electron chi connectivity index (χ3n) is 3.39. The Morgan fingerprint density at radius 2 is 2.26 bits per heavy atom. The minimum absolute atomic E-state index is 0.298. The quantitative estimate of drug-likeness (QED) is 0.768. The first kappa shape index (κ1) is 11.9. The number of para-hydroxylation sites is 1. The van der Waals surface area contributed by atoms with Gasteiger partial charge in [-0.15, -0.1) is 0 Å². The molecule has 1 fully saturated rings. The summed E-state index contributed by atoms with van der Waals surface area (Å²) < 4.78 is 0. The minimum Gasteiger partial charge on any atom is -0.365 e. The molecular weight excluding hydrogens is 240 g/mol. The summed E-state index contributed by atoms with van der Waals surface area (Å²) in [5.41, 5.74) is 6.76. The zero-order chi connectivity index (χ0) is 13.2. The van der Waals surface area contributed by atoms with E-state index in [0.717, 1.165) is 30.4 Å². The second-order valence-electron chi connectivity index (χ2n) is 4.78. The predicted molar refractivity (Wildman–Crippen MR) is 75.2 cm³/mol. The molecule has 1 aliphatic heterocycles. The molecule has 0 saturated carbocycles. The zero-order valence-corrected chi connectivity index (χ0v) is 10.5. The summed E-state index contributed by atoms with van der Waals surface area (Å²) >= 11 is 0. The maximum absolute atomic E-state index is 11.6. The van der Waals surface area contributed by atoms with Crippen LogP contribution in [0.3, 0.4) is 0 Å². The van der Waals surface area contributed by atoms with E-state index in [4.69, 9.17) is 5.73 Å². The molecule has 19 heavy (non-hydrogen) atoms. The van der Waals surface area contributed by atoms with Gasteiger partial charge in [0.25, 0.3) is 5.91 Å². The lowest BCUT2D eigenvalue weighted by Gasteiger charge is -2.15. The summed E-state index contributed by atoms with van der Waals surface area (Å²) in [6, 6.07) is 9.80. The lowest BCUT2D eigenvalue weighted by molar-refractivity contribution is 0.100. The molecular formula is C14H16N4O. The molecule has 1 aromatic heterocycles. The Bertz CT molecular complexity index is 620. The molecule has 0 radical (unpaired) electrons. The molecule has 2 aromatic rings. The SMILES string of the molecule is NC(=O)c1cc2ccccc2nc1NC1CCNC1. The molecule has 98 valence electrons. The van der Waals surface area contributed by atoms with Crippen molar-refractivity contribution >= 4 is 22.6 Å². The van der Waals surface area contributed by atoms with E-state index in [1.165, 1.54) is 0 Å². The molecule has 0 aliphatic carbocycles. The monoisotopic (exact) mass is 256 g/mol. The van der Waals surface area contributed by atoms with Gasteiger partial charge in [0.05, 0.1) is 11.1 Å². The van der Waals surface area contributed by atoms with E-state index in [1.54, 1.807) is 6.07 Å². The van der Waals surface area contributed by atoms with E-state index in [1.807, 2.05) is 24.3 Å². The van der Waals surface area contributed by atoms with Crippen LogP contribution >= 0.6 is 0 Å². The van der Waals surface area contributed by atoms with Gasteiger partial charge in [-0.2, -0.15) is 0 Å². The number of anilines is 1. The number of pyridine rings is 1. The molecule has 1 atom stereocenters. The second kappa shape index (κ2) is 4.85. The van der Waals surface area contributed by atoms with Crippen LogP contribution in [0.4, 0.5) is 5.82 Å². The van der Waals surface area contributed by atoms with E-state index in [9.17, 15) is 4.79 Å². The Labute approximate surface area is 111 Å². The van der Waals surface area contributed by atoms with Crippen LogP contribution in [0.1, 0.15) is 16.8 Å². The number of amides is 1. The summed E-state index contributed by atoms with van der Waals surface area (Å²) in [5.74, 6) is 0.131. The lowest BCUT2D eigenvalue weighted by atomic mass is 10.1. The summed E-state index contributed by atoms with van der Waals surface area (Å²) in [6.45, 7) is 1.86. The van der Waals surface area contributed by atoms with Gasteiger partial charge in [-0.25, -0.2) is 4.98 Å². The van der Waals surface area contributed by atoms with Gasteiger partial charge in [0.1, 0.15) is 5.82 Å². The van der Waals surface area contributed by atoms with Crippen LogP contribution in [-0.4, -0.2) is 30.0 Å². The Morgan fingerprint density at radius 1 is 1.42 bits per heavy atom. The van der Waals surface area contributed by atoms with Crippen molar-refractivity contribution in [3.8, 4) is 0 Å². The number of hydrogen-bond donors (Lipinski definition) is 3. The molecule has 3 rings (SSSR count). The molecule has 5 heteroatoms. The molecule has 1 aromatic carbocycles. The van der Waals surface area contributed by atoms with Gasteiger partial charge in [0.2, 0.25) is 0 Å². The smallest absolute Gasteiger partial charge is 0.252 e. The van der Waals surface area contributed by atoms with Gasteiger partial charge in [0, 0.05) is 18.0 Å². The van der Waals surface area contributed by atoms with Crippen LogP contribution in [0.15, 0.2) is 30.3 Å². The number of fused-ring (bicyclic) bond motifs is 1. The van der Waals surface area contributed by atoms with E-state index in [0.29, 0.717) is 17.4 Å². The highest BCUT2D eigenvalue weighted by atomic mass is 16.1. The largest absolute Gasteiger partial charge is 0.365 e. The number of carbonyl (C=O) groups is 1. The molecule has 1 saturated heterocycles. The van der Waals surface area contributed by atoms with Crippen molar-refractivity contribution in [2.75, 3.05) is 18.4 Å². The van der Waals surface area contributed by atoms with Crippen molar-refractivity contribution in [1.82, 2.24) is 10.3 Å². The third-order valence-corrected chi connectivity index (χ3v) is 3.39. The van der Waals surface area contributed by atoms with Gasteiger partial charge in [-0.05, 0) is 25.1 Å². The molecule has 0 spiro atoms. The van der Waals surface area contributed by atoms with Crippen LogP contribution < -0.4 is 16.4 Å². The third kappa shape index (κ3) is 2.37. The Hall–Kier alpha value is -2.14. The molecule has 2 heterocycles. The first-order valence-electron chi connectivity index (χ1n) is 6.41. The van der Waals surface area contributed by atoms with Gasteiger partial charge < -0.3 is 16.4 Å². The van der Waals surface area contributed by atoms with Crippen LogP contribution in [0.25, 0.3) is 10.9 Å². The number of nitrogens with one attached hydrogen (secondary N) is 2. The van der Waals surface area contributed by atoms with Crippen LogP contribution in [-0.2, 0) is 0 Å². The predicted octanol–water partition coefficient (Wildman–Crippen LogP) is 1.11. The summed E-state index contributed by atoms with van der Waals surface area (Å²) in [7, 11) is 0. The fourth-order valence-electron chi connectivity index (χ4n) is 2.38. The van der Waals surface area contributed by atoms with E-state index >= 15 is 0 Å². The molecule has 0 bridgehead atoms. The first-order valence-corrected chi connectivity index (χ1v) is 6.41. The van der Waals surface area contributed by atoms with Gasteiger partial charge in [-0.1, -0.05) is 18.2 Å².